The molecule has 1 atom stereocenters. The maximum Gasteiger partial charge on any atom is 0.264 e. The van der Waals surface area contributed by atoms with Gasteiger partial charge >= 0.3 is 0 Å². The summed E-state index contributed by atoms with van der Waals surface area (Å²) in [4.78, 5) is 17.3. The van der Waals surface area contributed by atoms with Gasteiger partial charge in [0.15, 0.2) is 0 Å². The van der Waals surface area contributed by atoms with Gasteiger partial charge in [-0.15, -0.1) is 0 Å². The summed E-state index contributed by atoms with van der Waals surface area (Å²) in [7, 11) is -1.59. The lowest BCUT2D eigenvalue weighted by Crippen LogP contribution is -2.47. The van der Waals surface area contributed by atoms with E-state index in [9.17, 15) is 13.2 Å². The van der Waals surface area contributed by atoms with E-state index in [0.29, 0.717) is 22.6 Å². The first-order valence-corrected chi connectivity index (χ1v) is 11.4. The summed E-state index contributed by atoms with van der Waals surface area (Å²) in [5.74, 6) is 0.0217. The topological polar surface area (TPSA) is 60.9 Å². The van der Waals surface area contributed by atoms with Crippen LogP contribution in [0.2, 0.25) is 0 Å². The SMILES string of the molecule is Cc1ccc(S(=O)(=O)N2c3ccc(C(=O)N4CCN(C)CC4)cc3C[C@H]2C)cc1. The first-order valence-electron chi connectivity index (χ1n) is 9.99. The van der Waals surface area contributed by atoms with Crippen LogP contribution in [-0.4, -0.2) is 63.4 Å². The number of benzene rings is 2. The minimum absolute atomic E-state index is 0.0217. The number of hydrogen-bond acceptors (Lipinski definition) is 4. The average Bonchev–Trinajstić information content (AvgIpc) is 3.04. The predicted molar refractivity (Wildman–Crippen MR) is 114 cm³/mol. The second-order valence-corrected chi connectivity index (χ2v) is 9.92. The smallest absolute Gasteiger partial charge is 0.264 e. The fourth-order valence-corrected chi connectivity index (χ4v) is 5.81. The lowest BCUT2D eigenvalue weighted by molar-refractivity contribution is 0.0664. The number of carbonyl (C=O) groups is 1. The number of fused-ring (bicyclic) bond motifs is 1. The molecule has 4 rings (SSSR count). The summed E-state index contributed by atoms with van der Waals surface area (Å²) in [5, 5.41) is 0. The number of hydrogen-bond donors (Lipinski definition) is 0. The van der Waals surface area contributed by atoms with Gasteiger partial charge in [-0.3, -0.25) is 9.10 Å². The van der Waals surface area contributed by atoms with Gasteiger partial charge in [-0.05, 0) is 63.2 Å². The normalized spacial score (nSPS) is 20.0. The van der Waals surface area contributed by atoms with Crippen molar-refractivity contribution in [1.82, 2.24) is 9.80 Å². The zero-order valence-corrected chi connectivity index (χ0v) is 17.9. The fourth-order valence-electron chi connectivity index (χ4n) is 4.12. The van der Waals surface area contributed by atoms with Crippen LogP contribution < -0.4 is 4.31 Å². The van der Waals surface area contributed by atoms with E-state index in [4.69, 9.17) is 0 Å². The third-order valence-corrected chi connectivity index (χ3v) is 7.79. The van der Waals surface area contributed by atoms with Crippen LogP contribution in [0.4, 0.5) is 5.69 Å². The van der Waals surface area contributed by atoms with Gasteiger partial charge in [0.25, 0.3) is 15.9 Å². The Morgan fingerprint density at radius 3 is 2.31 bits per heavy atom. The summed E-state index contributed by atoms with van der Waals surface area (Å²) in [6.07, 6.45) is 0.601. The van der Waals surface area contributed by atoms with Crippen LogP contribution in [0.25, 0.3) is 0 Å². The Hall–Kier alpha value is -2.38. The molecule has 2 aliphatic heterocycles. The number of piperazine rings is 1. The number of aryl methyl sites for hydroxylation is 1. The number of amides is 1. The van der Waals surface area contributed by atoms with Gasteiger partial charge in [-0.2, -0.15) is 0 Å². The zero-order valence-electron chi connectivity index (χ0n) is 17.1. The summed E-state index contributed by atoms with van der Waals surface area (Å²) >= 11 is 0. The lowest BCUT2D eigenvalue weighted by Gasteiger charge is -2.32. The number of sulfonamides is 1. The molecule has 1 saturated heterocycles. The Morgan fingerprint density at radius 1 is 1.00 bits per heavy atom. The maximum absolute atomic E-state index is 13.3. The summed E-state index contributed by atoms with van der Waals surface area (Å²) in [6.45, 7) is 7.02. The van der Waals surface area contributed by atoms with Crippen molar-refractivity contribution in [2.24, 2.45) is 0 Å². The van der Waals surface area contributed by atoms with Crippen molar-refractivity contribution in [3.05, 3.63) is 59.2 Å². The average molecular weight is 414 g/mol. The molecule has 0 aliphatic carbocycles. The van der Waals surface area contributed by atoms with E-state index in [-0.39, 0.29) is 11.9 Å². The molecular weight excluding hydrogens is 386 g/mol. The third-order valence-electron chi connectivity index (χ3n) is 5.85. The highest BCUT2D eigenvalue weighted by molar-refractivity contribution is 7.92. The highest BCUT2D eigenvalue weighted by atomic mass is 32.2. The molecule has 0 bridgehead atoms. The van der Waals surface area contributed by atoms with E-state index in [0.717, 1.165) is 37.3 Å². The van der Waals surface area contributed by atoms with Crippen LogP contribution in [-0.2, 0) is 16.4 Å². The largest absolute Gasteiger partial charge is 0.336 e. The van der Waals surface area contributed by atoms with Crippen molar-refractivity contribution >= 4 is 21.6 Å². The van der Waals surface area contributed by atoms with Crippen molar-refractivity contribution in [3.8, 4) is 0 Å². The first-order chi connectivity index (χ1) is 13.8. The molecule has 2 aromatic carbocycles. The summed E-state index contributed by atoms with van der Waals surface area (Å²) in [5.41, 5.74) is 3.24. The highest BCUT2D eigenvalue weighted by Crippen LogP contribution is 2.37. The Balaban J connectivity index is 1.63. The van der Waals surface area contributed by atoms with Gasteiger partial charge in [-0.1, -0.05) is 17.7 Å². The summed E-state index contributed by atoms with van der Waals surface area (Å²) < 4.78 is 28.0. The predicted octanol–water partition coefficient (Wildman–Crippen LogP) is 2.52. The van der Waals surface area contributed by atoms with Crippen LogP contribution in [0, 0.1) is 6.92 Å². The molecule has 2 aliphatic rings. The Bertz CT molecular complexity index is 1030. The van der Waals surface area contributed by atoms with Crippen LogP contribution in [0.3, 0.4) is 0 Å². The zero-order chi connectivity index (χ0) is 20.8. The molecular formula is C22H27N3O3S. The number of carbonyl (C=O) groups excluding carboxylic acids is 1. The van der Waals surface area contributed by atoms with Crippen LogP contribution in [0.1, 0.15) is 28.4 Å². The van der Waals surface area contributed by atoms with Crippen LogP contribution in [0.15, 0.2) is 47.4 Å². The first kappa shape index (κ1) is 19.9. The van der Waals surface area contributed by atoms with E-state index in [1.807, 2.05) is 36.9 Å². The van der Waals surface area contributed by atoms with E-state index in [2.05, 4.69) is 11.9 Å². The van der Waals surface area contributed by atoms with E-state index in [1.165, 1.54) is 4.31 Å². The lowest BCUT2D eigenvalue weighted by atomic mass is 10.1. The van der Waals surface area contributed by atoms with Crippen LogP contribution >= 0.6 is 0 Å². The van der Waals surface area contributed by atoms with Crippen molar-refractivity contribution in [2.45, 2.75) is 31.2 Å². The molecule has 6 nitrogen and oxygen atoms in total. The highest BCUT2D eigenvalue weighted by Gasteiger charge is 2.36. The van der Waals surface area contributed by atoms with E-state index >= 15 is 0 Å². The van der Waals surface area contributed by atoms with Gasteiger partial charge in [-0.25, -0.2) is 8.42 Å². The third kappa shape index (κ3) is 3.65. The quantitative estimate of drug-likeness (QED) is 0.776. The van der Waals surface area contributed by atoms with Gasteiger partial charge in [0, 0.05) is 37.8 Å². The molecule has 1 amide bonds. The van der Waals surface area contributed by atoms with E-state index in [1.54, 1.807) is 24.3 Å². The molecule has 7 heteroatoms. The van der Waals surface area contributed by atoms with Gasteiger partial charge in [0.2, 0.25) is 0 Å². The molecule has 0 spiro atoms. The molecule has 29 heavy (non-hydrogen) atoms. The minimum Gasteiger partial charge on any atom is -0.336 e. The van der Waals surface area contributed by atoms with Crippen molar-refractivity contribution in [2.75, 3.05) is 37.5 Å². The molecule has 0 radical (unpaired) electrons. The Kier molecular flexibility index (Phi) is 5.12. The number of anilines is 1. The fraction of sp³-hybridized carbons (Fsp3) is 0.409. The molecule has 0 unspecified atom stereocenters. The second-order valence-electron chi connectivity index (χ2n) is 8.11. The number of nitrogens with zero attached hydrogens (tertiary/aromatic N) is 3. The molecule has 2 heterocycles. The van der Waals surface area contributed by atoms with Gasteiger partial charge in [0.05, 0.1) is 10.6 Å². The Labute approximate surface area is 172 Å². The van der Waals surface area contributed by atoms with Crippen molar-refractivity contribution < 1.29 is 13.2 Å². The number of likely N-dealkylation sites (N-methyl/N-ethyl adjacent to an activating group) is 1. The maximum atomic E-state index is 13.3. The summed E-state index contributed by atoms with van der Waals surface area (Å²) in [6, 6.07) is 12.2. The van der Waals surface area contributed by atoms with Gasteiger partial charge < -0.3 is 9.80 Å². The number of rotatable bonds is 3. The second kappa shape index (κ2) is 7.46. The van der Waals surface area contributed by atoms with Crippen molar-refractivity contribution in [3.63, 3.8) is 0 Å². The molecule has 1 fully saturated rings. The van der Waals surface area contributed by atoms with Crippen LogP contribution in [0.5, 0.6) is 0 Å². The van der Waals surface area contributed by atoms with Gasteiger partial charge in [0.1, 0.15) is 0 Å². The molecule has 0 aromatic heterocycles. The molecule has 2 aromatic rings. The minimum atomic E-state index is -3.65. The molecule has 154 valence electrons. The monoisotopic (exact) mass is 413 g/mol. The molecule has 0 N–H and O–H groups in total. The van der Waals surface area contributed by atoms with Crippen molar-refractivity contribution in [1.29, 1.82) is 0 Å². The van der Waals surface area contributed by atoms with E-state index < -0.39 is 10.0 Å². The molecule has 0 saturated carbocycles. The Morgan fingerprint density at radius 2 is 1.66 bits per heavy atom. The standard InChI is InChI=1S/C22H27N3O3S/c1-16-4-7-20(8-5-16)29(27,28)25-17(2)14-19-15-18(6-9-21(19)25)22(26)24-12-10-23(3)11-13-24/h4-9,15,17H,10-14H2,1-3H3/t17-/m1/s1.